The molecule has 2 aromatic rings. The number of rotatable bonds is 5. The SMILES string of the molecule is CCc1ccc(CC(O)Cc2c(C)nn(C)c2C)nc1. The molecule has 0 fully saturated rings. The molecule has 2 heterocycles. The number of aliphatic hydroxyl groups is 1. The standard InChI is InChI=1S/C16H23N3O/c1-5-13-6-7-14(17-10-13)8-15(20)9-16-11(2)18-19(4)12(16)3/h6-7,10,15,20H,5,8-9H2,1-4H3. The van der Waals surface area contributed by atoms with Gasteiger partial charge in [-0.05, 0) is 37.5 Å². The topological polar surface area (TPSA) is 50.9 Å². The van der Waals surface area contributed by atoms with Gasteiger partial charge in [-0.15, -0.1) is 0 Å². The molecule has 0 bridgehead atoms. The second-order valence-corrected chi connectivity index (χ2v) is 5.35. The van der Waals surface area contributed by atoms with Gasteiger partial charge in [-0.2, -0.15) is 5.10 Å². The number of aliphatic hydroxyl groups excluding tert-OH is 1. The highest BCUT2D eigenvalue weighted by Crippen LogP contribution is 2.16. The van der Waals surface area contributed by atoms with E-state index in [9.17, 15) is 5.11 Å². The molecule has 0 aliphatic heterocycles. The van der Waals surface area contributed by atoms with E-state index < -0.39 is 6.10 Å². The van der Waals surface area contributed by atoms with Gasteiger partial charge in [0.05, 0.1) is 11.8 Å². The van der Waals surface area contributed by atoms with E-state index >= 15 is 0 Å². The maximum Gasteiger partial charge on any atom is 0.0637 e. The van der Waals surface area contributed by atoms with Crippen LogP contribution in [0, 0.1) is 13.8 Å². The summed E-state index contributed by atoms with van der Waals surface area (Å²) in [5.41, 5.74) is 5.43. The zero-order valence-electron chi connectivity index (χ0n) is 12.7. The lowest BCUT2D eigenvalue weighted by Crippen LogP contribution is -2.15. The molecule has 20 heavy (non-hydrogen) atoms. The molecule has 0 spiro atoms. The van der Waals surface area contributed by atoms with Crippen LogP contribution in [-0.2, 0) is 26.3 Å². The Balaban J connectivity index is 2.02. The van der Waals surface area contributed by atoms with Crippen LogP contribution < -0.4 is 0 Å². The van der Waals surface area contributed by atoms with E-state index in [1.54, 1.807) is 0 Å². The summed E-state index contributed by atoms with van der Waals surface area (Å²) in [5, 5.41) is 14.6. The second kappa shape index (κ2) is 6.18. The van der Waals surface area contributed by atoms with Gasteiger partial charge in [-0.3, -0.25) is 9.67 Å². The molecule has 4 heteroatoms. The molecule has 0 saturated heterocycles. The van der Waals surface area contributed by atoms with Gasteiger partial charge in [0.2, 0.25) is 0 Å². The van der Waals surface area contributed by atoms with Crippen molar-refractivity contribution in [3.8, 4) is 0 Å². The van der Waals surface area contributed by atoms with Gasteiger partial charge in [0, 0.05) is 37.5 Å². The predicted molar refractivity (Wildman–Crippen MR) is 79.7 cm³/mol. The highest BCUT2D eigenvalue weighted by Gasteiger charge is 2.15. The zero-order valence-corrected chi connectivity index (χ0v) is 12.7. The molecule has 0 aliphatic rings. The van der Waals surface area contributed by atoms with Gasteiger partial charge in [-0.25, -0.2) is 0 Å². The highest BCUT2D eigenvalue weighted by atomic mass is 16.3. The Morgan fingerprint density at radius 1 is 1.25 bits per heavy atom. The summed E-state index contributed by atoms with van der Waals surface area (Å²) in [5.74, 6) is 0. The van der Waals surface area contributed by atoms with E-state index in [4.69, 9.17) is 0 Å². The van der Waals surface area contributed by atoms with Crippen molar-refractivity contribution in [2.75, 3.05) is 0 Å². The average Bonchev–Trinajstić information content (AvgIpc) is 2.66. The Hall–Kier alpha value is -1.68. The summed E-state index contributed by atoms with van der Waals surface area (Å²) < 4.78 is 1.87. The third-order valence-electron chi connectivity index (χ3n) is 3.84. The molecule has 0 amide bonds. The van der Waals surface area contributed by atoms with Crippen LogP contribution >= 0.6 is 0 Å². The molecule has 2 aromatic heterocycles. The van der Waals surface area contributed by atoms with E-state index in [1.165, 1.54) is 5.56 Å². The summed E-state index contributed by atoms with van der Waals surface area (Å²) in [6.45, 7) is 6.14. The first-order valence-electron chi connectivity index (χ1n) is 7.12. The Morgan fingerprint density at radius 3 is 2.50 bits per heavy atom. The lowest BCUT2D eigenvalue weighted by Gasteiger charge is -2.11. The molecule has 0 aromatic carbocycles. The molecule has 0 saturated carbocycles. The van der Waals surface area contributed by atoms with Crippen LogP contribution in [0.3, 0.4) is 0 Å². The van der Waals surface area contributed by atoms with Gasteiger partial charge in [0.1, 0.15) is 0 Å². The number of aryl methyl sites for hydroxylation is 3. The fourth-order valence-electron chi connectivity index (χ4n) is 2.45. The molecule has 1 atom stereocenters. The van der Waals surface area contributed by atoms with Crippen molar-refractivity contribution in [3.63, 3.8) is 0 Å². The van der Waals surface area contributed by atoms with E-state index in [0.29, 0.717) is 12.8 Å². The van der Waals surface area contributed by atoms with Crippen LogP contribution in [0.1, 0.15) is 35.1 Å². The Labute approximate surface area is 120 Å². The lowest BCUT2D eigenvalue weighted by molar-refractivity contribution is 0.174. The van der Waals surface area contributed by atoms with Gasteiger partial charge < -0.3 is 5.11 Å². The second-order valence-electron chi connectivity index (χ2n) is 5.35. The zero-order chi connectivity index (χ0) is 14.7. The van der Waals surface area contributed by atoms with Gasteiger partial charge in [0.25, 0.3) is 0 Å². The largest absolute Gasteiger partial charge is 0.392 e. The van der Waals surface area contributed by atoms with E-state index in [0.717, 1.165) is 29.1 Å². The van der Waals surface area contributed by atoms with Crippen molar-refractivity contribution < 1.29 is 5.11 Å². The van der Waals surface area contributed by atoms with E-state index in [1.807, 2.05) is 37.8 Å². The van der Waals surface area contributed by atoms with Crippen molar-refractivity contribution in [2.45, 2.75) is 46.1 Å². The van der Waals surface area contributed by atoms with Crippen LogP contribution in [0.15, 0.2) is 18.3 Å². The van der Waals surface area contributed by atoms with Crippen LogP contribution in [0.25, 0.3) is 0 Å². The molecule has 4 nitrogen and oxygen atoms in total. The first-order valence-corrected chi connectivity index (χ1v) is 7.12. The van der Waals surface area contributed by atoms with Gasteiger partial charge >= 0.3 is 0 Å². The van der Waals surface area contributed by atoms with E-state index in [2.05, 4.69) is 23.1 Å². The van der Waals surface area contributed by atoms with Crippen LogP contribution in [-0.4, -0.2) is 26.0 Å². The lowest BCUT2D eigenvalue weighted by atomic mass is 10.0. The molecular weight excluding hydrogens is 250 g/mol. The normalized spacial score (nSPS) is 12.7. The highest BCUT2D eigenvalue weighted by molar-refractivity contribution is 5.25. The van der Waals surface area contributed by atoms with Crippen molar-refractivity contribution in [1.29, 1.82) is 0 Å². The van der Waals surface area contributed by atoms with Gasteiger partial charge in [-0.1, -0.05) is 13.0 Å². The number of pyridine rings is 1. The number of hydrogen-bond acceptors (Lipinski definition) is 3. The fourth-order valence-corrected chi connectivity index (χ4v) is 2.45. The Morgan fingerprint density at radius 2 is 2.00 bits per heavy atom. The quantitative estimate of drug-likeness (QED) is 0.908. The molecular formula is C16H23N3O. The van der Waals surface area contributed by atoms with Crippen molar-refractivity contribution in [1.82, 2.24) is 14.8 Å². The summed E-state index contributed by atoms with van der Waals surface area (Å²) in [6.07, 6.45) is 3.67. The molecule has 108 valence electrons. The van der Waals surface area contributed by atoms with Gasteiger partial charge in [0.15, 0.2) is 0 Å². The Kier molecular flexibility index (Phi) is 4.55. The third-order valence-corrected chi connectivity index (χ3v) is 3.84. The van der Waals surface area contributed by atoms with Crippen LogP contribution in [0.4, 0.5) is 0 Å². The van der Waals surface area contributed by atoms with Crippen molar-refractivity contribution >= 4 is 0 Å². The molecule has 1 N–H and O–H groups in total. The maximum atomic E-state index is 10.3. The molecule has 2 rings (SSSR count). The third kappa shape index (κ3) is 3.25. The van der Waals surface area contributed by atoms with Crippen molar-refractivity contribution in [3.05, 3.63) is 46.5 Å². The average molecular weight is 273 g/mol. The molecule has 1 unspecified atom stereocenters. The van der Waals surface area contributed by atoms with Crippen LogP contribution in [0.5, 0.6) is 0 Å². The minimum Gasteiger partial charge on any atom is -0.392 e. The van der Waals surface area contributed by atoms with Crippen molar-refractivity contribution in [2.24, 2.45) is 7.05 Å². The fraction of sp³-hybridized carbons (Fsp3) is 0.500. The monoisotopic (exact) mass is 273 g/mol. The number of nitrogens with zero attached hydrogens (tertiary/aromatic N) is 3. The summed E-state index contributed by atoms with van der Waals surface area (Å²) in [7, 11) is 1.93. The smallest absolute Gasteiger partial charge is 0.0637 e. The number of hydrogen-bond donors (Lipinski definition) is 1. The first-order chi connectivity index (χ1) is 9.51. The first kappa shape index (κ1) is 14.7. The molecule has 0 aliphatic carbocycles. The minimum absolute atomic E-state index is 0.420. The predicted octanol–water partition coefficient (Wildman–Crippen LogP) is 2.14. The summed E-state index contributed by atoms with van der Waals surface area (Å²) in [6, 6.07) is 4.08. The van der Waals surface area contributed by atoms with Crippen LogP contribution in [0.2, 0.25) is 0 Å². The Bertz CT molecular complexity index is 572. The summed E-state index contributed by atoms with van der Waals surface area (Å²) in [4.78, 5) is 4.40. The maximum absolute atomic E-state index is 10.3. The molecule has 0 radical (unpaired) electrons. The van der Waals surface area contributed by atoms with E-state index in [-0.39, 0.29) is 0 Å². The summed E-state index contributed by atoms with van der Waals surface area (Å²) >= 11 is 0. The minimum atomic E-state index is -0.420. The number of aromatic nitrogens is 3.